The molecular formula is C15H14N4O. The number of aryl methyl sites for hydroxylation is 2. The minimum absolute atomic E-state index is 0.429. The van der Waals surface area contributed by atoms with Gasteiger partial charge >= 0.3 is 0 Å². The number of amides is 1. The Morgan fingerprint density at radius 3 is 2.75 bits per heavy atom. The van der Waals surface area contributed by atoms with Crippen LogP contribution in [0, 0.1) is 13.8 Å². The number of carbonyl (C=O) groups is 1. The van der Waals surface area contributed by atoms with Crippen molar-refractivity contribution in [2.24, 2.45) is 5.73 Å². The van der Waals surface area contributed by atoms with E-state index in [0.717, 1.165) is 22.3 Å². The molecule has 0 aliphatic heterocycles. The maximum atomic E-state index is 11.7. The van der Waals surface area contributed by atoms with Crippen molar-refractivity contribution in [1.82, 2.24) is 14.5 Å². The average Bonchev–Trinajstić information content (AvgIpc) is 2.80. The predicted octanol–water partition coefficient (Wildman–Crippen LogP) is 2.14. The molecule has 0 saturated heterocycles. The normalized spacial score (nSPS) is 10.9. The van der Waals surface area contributed by atoms with Gasteiger partial charge in [-0.1, -0.05) is 12.1 Å². The van der Waals surface area contributed by atoms with Crippen LogP contribution in [0.2, 0.25) is 0 Å². The second-order valence-corrected chi connectivity index (χ2v) is 4.75. The summed E-state index contributed by atoms with van der Waals surface area (Å²) in [5.74, 6) is 0.0477. The molecule has 20 heavy (non-hydrogen) atoms. The Morgan fingerprint density at radius 1 is 1.25 bits per heavy atom. The zero-order chi connectivity index (χ0) is 14.3. The summed E-state index contributed by atoms with van der Waals surface area (Å²) in [6, 6.07) is 9.55. The number of carbonyl (C=O) groups excluding carboxylic acids is 1. The SMILES string of the molecule is Cc1cc(C)c(C(N)=O)c(-n2cnc3ccccc32)n1. The Morgan fingerprint density at radius 2 is 2.00 bits per heavy atom. The molecule has 3 aromatic rings. The number of nitrogens with zero attached hydrogens (tertiary/aromatic N) is 3. The van der Waals surface area contributed by atoms with Gasteiger partial charge in [-0.2, -0.15) is 0 Å². The molecule has 0 radical (unpaired) electrons. The van der Waals surface area contributed by atoms with E-state index in [1.165, 1.54) is 0 Å². The zero-order valence-corrected chi connectivity index (χ0v) is 11.3. The number of benzene rings is 1. The Hall–Kier alpha value is -2.69. The molecule has 1 aromatic carbocycles. The van der Waals surface area contributed by atoms with Crippen LogP contribution in [0.5, 0.6) is 0 Å². The van der Waals surface area contributed by atoms with Crippen LogP contribution in [0.4, 0.5) is 0 Å². The van der Waals surface area contributed by atoms with E-state index in [2.05, 4.69) is 9.97 Å². The minimum atomic E-state index is -0.484. The minimum Gasteiger partial charge on any atom is -0.365 e. The van der Waals surface area contributed by atoms with E-state index < -0.39 is 5.91 Å². The van der Waals surface area contributed by atoms with Crippen molar-refractivity contribution in [2.45, 2.75) is 13.8 Å². The van der Waals surface area contributed by atoms with Gasteiger partial charge in [0, 0.05) is 5.69 Å². The molecule has 0 saturated carbocycles. The fourth-order valence-corrected chi connectivity index (χ4v) is 2.42. The third-order valence-corrected chi connectivity index (χ3v) is 3.25. The first-order valence-electron chi connectivity index (χ1n) is 6.28. The van der Waals surface area contributed by atoms with Crippen molar-refractivity contribution in [3.63, 3.8) is 0 Å². The number of primary amides is 1. The Labute approximate surface area is 116 Å². The number of nitrogens with two attached hydrogens (primary N) is 1. The van der Waals surface area contributed by atoms with Gasteiger partial charge in [0.05, 0.1) is 16.6 Å². The summed E-state index contributed by atoms with van der Waals surface area (Å²) in [5, 5.41) is 0. The maximum absolute atomic E-state index is 11.7. The van der Waals surface area contributed by atoms with Crippen molar-refractivity contribution >= 4 is 16.9 Å². The highest BCUT2D eigenvalue weighted by Gasteiger charge is 2.17. The second kappa shape index (κ2) is 4.45. The highest BCUT2D eigenvalue weighted by Crippen LogP contribution is 2.22. The smallest absolute Gasteiger partial charge is 0.252 e. The highest BCUT2D eigenvalue weighted by molar-refractivity contribution is 5.98. The quantitative estimate of drug-likeness (QED) is 0.772. The van der Waals surface area contributed by atoms with E-state index in [9.17, 15) is 4.79 Å². The Bertz CT molecular complexity index is 820. The number of hydrogen-bond acceptors (Lipinski definition) is 3. The van der Waals surface area contributed by atoms with Crippen LogP contribution in [0.15, 0.2) is 36.7 Å². The maximum Gasteiger partial charge on any atom is 0.252 e. The van der Waals surface area contributed by atoms with Crippen LogP contribution in [0.25, 0.3) is 16.9 Å². The molecule has 0 bridgehead atoms. The van der Waals surface area contributed by atoms with Crippen molar-refractivity contribution < 1.29 is 4.79 Å². The van der Waals surface area contributed by atoms with Gasteiger partial charge in [-0.05, 0) is 37.6 Å². The van der Waals surface area contributed by atoms with Crippen LogP contribution in [0.1, 0.15) is 21.6 Å². The van der Waals surface area contributed by atoms with Gasteiger partial charge in [-0.25, -0.2) is 9.97 Å². The average molecular weight is 266 g/mol. The predicted molar refractivity (Wildman–Crippen MR) is 76.9 cm³/mol. The lowest BCUT2D eigenvalue weighted by Gasteiger charge is -2.11. The van der Waals surface area contributed by atoms with Crippen LogP contribution in [-0.2, 0) is 0 Å². The van der Waals surface area contributed by atoms with E-state index in [1.54, 1.807) is 10.9 Å². The molecule has 0 unspecified atom stereocenters. The fourth-order valence-electron chi connectivity index (χ4n) is 2.42. The number of rotatable bonds is 2. The first kappa shape index (κ1) is 12.3. The second-order valence-electron chi connectivity index (χ2n) is 4.75. The molecule has 100 valence electrons. The molecule has 0 fully saturated rings. The molecule has 0 aliphatic carbocycles. The van der Waals surface area contributed by atoms with Gasteiger partial charge in [0.2, 0.25) is 0 Å². The van der Waals surface area contributed by atoms with E-state index in [-0.39, 0.29) is 0 Å². The van der Waals surface area contributed by atoms with Gasteiger partial charge in [-0.15, -0.1) is 0 Å². The molecule has 5 nitrogen and oxygen atoms in total. The molecule has 2 aromatic heterocycles. The van der Waals surface area contributed by atoms with Crippen molar-refractivity contribution in [1.29, 1.82) is 0 Å². The van der Waals surface area contributed by atoms with Crippen molar-refractivity contribution in [2.75, 3.05) is 0 Å². The number of para-hydroxylation sites is 2. The highest BCUT2D eigenvalue weighted by atomic mass is 16.1. The molecular weight excluding hydrogens is 252 g/mol. The summed E-state index contributed by atoms with van der Waals surface area (Å²) in [4.78, 5) is 20.5. The Balaban J connectivity index is 2.37. The molecule has 0 aliphatic rings. The van der Waals surface area contributed by atoms with Gasteiger partial charge in [0.1, 0.15) is 6.33 Å². The lowest BCUT2D eigenvalue weighted by molar-refractivity contribution is 0.0999. The topological polar surface area (TPSA) is 73.8 Å². The first-order chi connectivity index (χ1) is 9.58. The molecule has 5 heteroatoms. The molecule has 2 N–H and O–H groups in total. The summed E-state index contributed by atoms with van der Waals surface area (Å²) in [6.07, 6.45) is 1.66. The summed E-state index contributed by atoms with van der Waals surface area (Å²) in [6.45, 7) is 3.75. The van der Waals surface area contributed by atoms with Crippen molar-refractivity contribution in [3.8, 4) is 5.82 Å². The van der Waals surface area contributed by atoms with Gasteiger partial charge in [0.15, 0.2) is 5.82 Å². The third-order valence-electron chi connectivity index (χ3n) is 3.25. The number of hydrogen-bond donors (Lipinski definition) is 1. The largest absolute Gasteiger partial charge is 0.365 e. The Kier molecular flexibility index (Phi) is 2.75. The van der Waals surface area contributed by atoms with Crippen LogP contribution in [0.3, 0.4) is 0 Å². The summed E-state index contributed by atoms with van der Waals surface area (Å²) in [5.41, 5.74) is 9.33. The lowest BCUT2D eigenvalue weighted by atomic mass is 10.1. The van der Waals surface area contributed by atoms with E-state index in [0.29, 0.717) is 11.4 Å². The van der Waals surface area contributed by atoms with Gasteiger partial charge < -0.3 is 5.73 Å². The molecule has 3 rings (SSSR count). The van der Waals surface area contributed by atoms with Crippen LogP contribution in [-0.4, -0.2) is 20.4 Å². The standard InChI is InChI=1S/C15H14N4O/c1-9-7-10(2)18-15(13(9)14(16)20)19-8-17-11-5-3-4-6-12(11)19/h3-8H,1-2H3,(H2,16,20). The molecule has 1 amide bonds. The number of aromatic nitrogens is 3. The number of imidazole rings is 1. The summed E-state index contributed by atoms with van der Waals surface area (Å²) in [7, 11) is 0. The van der Waals surface area contributed by atoms with E-state index >= 15 is 0 Å². The van der Waals surface area contributed by atoms with E-state index in [4.69, 9.17) is 5.73 Å². The van der Waals surface area contributed by atoms with Gasteiger partial charge in [-0.3, -0.25) is 9.36 Å². The molecule has 2 heterocycles. The fraction of sp³-hybridized carbons (Fsp3) is 0.133. The van der Waals surface area contributed by atoms with Crippen molar-refractivity contribution in [3.05, 3.63) is 53.5 Å². The summed E-state index contributed by atoms with van der Waals surface area (Å²) < 4.78 is 1.80. The third kappa shape index (κ3) is 1.84. The molecule has 0 atom stereocenters. The zero-order valence-electron chi connectivity index (χ0n) is 11.3. The van der Waals surface area contributed by atoms with Crippen LogP contribution >= 0.6 is 0 Å². The lowest BCUT2D eigenvalue weighted by Crippen LogP contribution is -2.18. The number of fused-ring (bicyclic) bond motifs is 1. The first-order valence-corrected chi connectivity index (χ1v) is 6.28. The number of pyridine rings is 1. The van der Waals surface area contributed by atoms with Crippen LogP contribution < -0.4 is 5.73 Å². The van der Waals surface area contributed by atoms with E-state index in [1.807, 2.05) is 44.2 Å². The van der Waals surface area contributed by atoms with Gasteiger partial charge in [0.25, 0.3) is 5.91 Å². The summed E-state index contributed by atoms with van der Waals surface area (Å²) >= 11 is 0. The molecule has 0 spiro atoms. The monoisotopic (exact) mass is 266 g/mol.